The third-order valence-electron chi connectivity index (χ3n) is 3.75. The van der Waals surface area contributed by atoms with Crippen LogP contribution in [0.15, 0.2) is 63.3 Å². The molecule has 3 aromatic rings. The highest BCUT2D eigenvalue weighted by Gasteiger charge is 2.16. The van der Waals surface area contributed by atoms with E-state index in [1.165, 1.54) is 30.1 Å². The van der Waals surface area contributed by atoms with Crippen molar-refractivity contribution in [2.75, 3.05) is 5.75 Å². The Kier molecular flexibility index (Phi) is 5.61. The van der Waals surface area contributed by atoms with Crippen LogP contribution in [0.5, 0.6) is 5.75 Å². The van der Waals surface area contributed by atoms with Crippen molar-refractivity contribution in [1.29, 1.82) is 0 Å². The van der Waals surface area contributed by atoms with E-state index in [1.807, 2.05) is 18.2 Å². The highest BCUT2D eigenvalue weighted by Crippen LogP contribution is 2.21. The van der Waals surface area contributed by atoms with Gasteiger partial charge in [-0.2, -0.15) is 10.1 Å². The van der Waals surface area contributed by atoms with Crippen molar-refractivity contribution in [1.82, 2.24) is 15.5 Å². The minimum atomic E-state index is -0.497. The molecule has 0 radical (unpaired) electrons. The van der Waals surface area contributed by atoms with Crippen LogP contribution in [0.25, 0.3) is 11.4 Å². The fourth-order valence-electron chi connectivity index (χ4n) is 2.41. The normalized spacial score (nSPS) is 15.2. The van der Waals surface area contributed by atoms with Gasteiger partial charge in [-0.05, 0) is 29.8 Å². The third-order valence-corrected chi connectivity index (χ3v) is 4.61. The molecule has 1 aromatic heterocycles. The van der Waals surface area contributed by atoms with Gasteiger partial charge in [0.1, 0.15) is 11.6 Å². The summed E-state index contributed by atoms with van der Waals surface area (Å²) in [6, 6.07) is 13.5. The molecular formula is C19H14FN5O3S. The van der Waals surface area contributed by atoms with Gasteiger partial charge >= 0.3 is 0 Å². The van der Waals surface area contributed by atoms with Gasteiger partial charge in [0.25, 0.3) is 5.89 Å². The van der Waals surface area contributed by atoms with Gasteiger partial charge in [-0.1, -0.05) is 41.2 Å². The SMILES string of the molecule is O=C1CSC(=NN=Cc2ccc(F)c(-c3noc(COc4ccccc4)n3)c2)N1. The number of benzene rings is 2. The number of amidine groups is 1. The van der Waals surface area contributed by atoms with E-state index >= 15 is 0 Å². The molecule has 1 aliphatic heterocycles. The Balaban J connectivity index is 1.46. The zero-order valence-corrected chi connectivity index (χ0v) is 15.7. The number of rotatable bonds is 6. The molecule has 8 nitrogen and oxygen atoms in total. The van der Waals surface area contributed by atoms with E-state index in [4.69, 9.17) is 9.26 Å². The Morgan fingerprint density at radius 1 is 1.28 bits per heavy atom. The summed E-state index contributed by atoms with van der Waals surface area (Å²) in [5.41, 5.74) is 0.756. The van der Waals surface area contributed by atoms with Gasteiger partial charge in [0.05, 0.1) is 17.5 Å². The van der Waals surface area contributed by atoms with Crippen molar-refractivity contribution in [3.8, 4) is 17.1 Å². The lowest BCUT2D eigenvalue weighted by atomic mass is 10.1. The first-order valence-electron chi connectivity index (χ1n) is 8.51. The number of thioether (sulfide) groups is 1. The monoisotopic (exact) mass is 411 g/mol. The zero-order valence-electron chi connectivity index (χ0n) is 14.9. The maximum absolute atomic E-state index is 14.3. The van der Waals surface area contributed by atoms with Gasteiger partial charge in [-0.3, -0.25) is 4.79 Å². The molecule has 0 saturated carbocycles. The van der Waals surface area contributed by atoms with E-state index < -0.39 is 5.82 Å². The number of nitrogens with one attached hydrogen (secondary N) is 1. The molecule has 2 aromatic carbocycles. The molecule has 10 heteroatoms. The highest BCUT2D eigenvalue weighted by atomic mass is 32.2. The number of amides is 1. The summed E-state index contributed by atoms with van der Waals surface area (Å²) in [7, 11) is 0. The summed E-state index contributed by atoms with van der Waals surface area (Å²) in [6.07, 6.45) is 1.44. The smallest absolute Gasteiger partial charge is 0.264 e. The van der Waals surface area contributed by atoms with Crippen LogP contribution in [-0.4, -0.2) is 33.2 Å². The Morgan fingerprint density at radius 3 is 2.93 bits per heavy atom. The van der Waals surface area contributed by atoms with Gasteiger partial charge in [-0.25, -0.2) is 4.39 Å². The molecule has 0 bridgehead atoms. The summed E-state index contributed by atoms with van der Waals surface area (Å²) < 4.78 is 24.9. The summed E-state index contributed by atoms with van der Waals surface area (Å²) >= 11 is 1.27. The lowest BCUT2D eigenvalue weighted by Crippen LogP contribution is -2.19. The number of hydrogen-bond acceptors (Lipinski definition) is 8. The van der Waals surface area contributed by atoms with E-state index in [0.717, 1.165) is 0 Å². The number of ether oxygens (including phenoxy) is 1. The quantitative estimate of drug-likeness (QED) is 0.494. The Labute approximate surface area is 168 Å². The van der Waals surface area contributed by atoms with Crippen molar-refractivity contribution in [3.63, 3.8) is 0 Å². The second-order valence-electron chi connectivity index (χ2n) is 5.84. The molecule has 29 heavy (non-hydrogen) atoms. The Bertz CT molecular complexity index is 1080. The van der Waals surface area contributed by atoms with Gasteiger partial charge < -0.3 is 14.6 Å². The van der Waals surface area contributed by atoms with E-state index in [1.54, 1.807) is 18.2 Å². The molecule has 1 amide bonds. The lowest BCUT2D eigenvalue weighted by Gasteiger charge is -2.01. The molecule has 146 valence electrons. The predicted octanol–water partition coefficient (Wildman–Crippen LogP) is 3.01. The maximum atomic E-state index is 14.3. The first-order valence-corrected chi connectivity index (χ1v) is 9.50. The number of carbonyl (C=O) groups is 1. The summed E-state index contributed by atoms with van der Waals surface area (Å²) in [6.45, 7) is 0.0701. The number of nitrogens with zero attached hydrogens (tertiary/aromatic N) is 4. The second kappa shape index (κ2) is 8.65. The molecule has 1 fully saturated rings. The van der Waals surface area contributed by atoms with E-state index in [9.17, 15) is 9.18 Å². The molecule has 1 saturated heterocycles. The van der Waals surface area contributed by atoms with E-state index in [-0.39, 0.29) is 29.8 Å². The van der Waals surface area contributed by atoms with E-state index in [0.29, 0.717) is 22.2 Å². The zero-order chi connectivity index (χ0) is 20.1. The first-order chi connectivity index (χ1) is 14.2. The predicted molar refractivity (Wildman–Crippen MR) is 106 cm³/mol. The molecule has 0 unspecified atom stereocenters. The molecule has 4 rings (SSSR count). The maximum Gasteiger partial charge on any atom is 0.264 e. The highest BCUT2D eigenvalue weighted by molar-refractivity contribution is 8.15. The summed E-state index contributed by atoms with van der Waals surface area (Å²) in [5.74, 6) is 0.705. The largest absolute Gasteiger partial charge is 0.484 e. The Morgan fingerprint density at radius 2 is 2.14 bits per heavy atom. The van der Waals surface area contributed by atoms with Crippen molar-refractivity contribution in [2.24, 2.45) is 10.2 Å². The topological polar surface area (TPSA) is 102 Å². The van der Waals surface area contributed by atoms with Gasteiger partial charge in [-0.15, -0.1) is 5.10 Å². The van der Waals surface area contributed by atoms with Gasteiger partial charge in [0.15, 0.2) is 11.8 Å². The molecule has 1 N–H and O–H groups in total. The van der Waals surface area contributed by atoms with Crippen LogP contribution in [0.2, 0.25) is 0 Å². The Hall–Kier alpha value is -3.53. The number of halogens is 1. The van der Waals surface area contributed by atoms with Crippen molar-refractivity contribution in [3.05, 3.63) is 65.8 Å². The fourth-order valence-corrected chi connectivity index (χ4v) is 3.04. The molecule has 0 spiro atoms. The summed E-state index contributed by atoms with van der Waals surface area (Å²) in [4.78, 5) is 15.3. The minimum absolute atomic E-state index is 0.0701. The average molecular weight is 411 g/mol. The first kappa shape index (κ1) is 18.8. The number of hydrogen-bond donors (Lipinski definition) is 1. The number of carbonyl (C=O) groups excluding carboxylic acids is 1. The van der Waals surface area contributed by atoms with Crippen molar-refractivity contribution >= 4 is 29.1 Å². The van der Waals surface area contributed by atoms with E-state index in [2.05, 4.69) is 25.7 Å². The number of para-hydroxylation sites is 1. The summed E-state index contributed by atoms with van der Waals surface area (Å²) in [5, 5.41) is 14.6. The van der Waals surface area contributed by atoms with Crippen LogP contribution < -0.4 is 10.1 Å². The third kappa shape index (κ3) is 4.85. The van der Waals surface area contributed by atoms with Crippen molar-refractivity contribution < 1.29 is 18.4 Å². The van der Waals surface area contributed by atoms with Crippen LogP contribution >= 0.6 is 11.8 Å². The molecule has 0 aliphatic carbocycles. The van der Waals surface area contributed by atoms with Crippen LogP contribution in [0.4, 0.5) is 4.39 Å². The second-order valence-corrected chi connectivity index (χ2v) is 6.80. The van der Waals surface area contributed by atoms with Crippen molar-refractivity contribution in [2.45, 2.75) is 6.61 Å². The van der Waals surface area contributed by atoms with Crippen LogP contribution in [0.1, 0.15) is 11.5 Å². The fraction of sp³-hybridized carbons (Fsp3) is 0.105. The van der Waals surface area contributed by atoms with Gasteiger partial charge in [0.2, 0.25) is 11.7 Å². The molecule has 2 heterocycles. The van der Waals surface area contributed by atoms with Crippen LogP contribution in [0.3, 0.4) is 0 Å². The molecule has 0 atom stereocenters. The molecular weight excluding hydrogens is 397 g/mol. The average Bonchev–Trinajstić information content (AvgIpc) is 3.37. The van der Waals surface area contributed by atoms with Crippen LogP contribution in [-0.2, 0) is 11.4 Å². The van der Waals surface area contributed by atoms with Gasteiger partial charge in [0, 0.05) is 0 Å². The van der Waals surface area contributed by atoms with Crippen LogP contribution in [0, 0.1) is 5.82 Å². The standard InChI is InChI=1S/C19H14FN5O3S/c20-15-7-6-12(9-21-24-19-22-16(26)11-29-19)8-14(15)18-23-17(28-25-18)10-27-13-4-2-1-3-5-13/h1-9H,10-11H2,(H,22,24,26). The molecule has 1 aliphatic rings. The minimum Gasteiger partial charge on any atom is -0.484 e. The number of aromatic nitrogens is 2. The lowest BCUT2D eigenvalue weighted by molar-refractivity contribution is -0.116.